The zero-order chi connectivity index (χ0) is 27.1. The van der Waals surface area contributed by atoms with E-state index in [1.165, 1.54) is 29.6 Å². The minimum absolute atomic E-state index is 0.0945. The molecule has 1 aliphatic heterocycles. The molecule has 3 heteroatoms. The second kappa shape index (κ2) is 12.8. The Labute approximate surface area is 224 Å². The molecule has 0 bridgehead atoms. The van der Waals surface area contributed by atoms with Crippen molar-refractivity contribution in [3.05, 3.63) is 100 Å². The van der Waals surface area contributed by atoms with Crippen molar-refractivity contribution in [3.63, 3.8) is 0 Å². The molecular weight excluding hydrogens is 452 g/mol. The molecule has 0 amide bonds. The fourth-order valence-corrected chi connectivity index (χ4v) is 5.25. The van der Waals surface area contributed by atoms with Gasteiger partial charge in [-0.15, -0.1) is 5.73 Å². The van der Waals surface area contributed by atoms with Gasteiger partial charge in [-0.2, -0.15) is 0 Å². The highest BCUT2D eigenvalue weighted by atomic mass is 16.1. The van der Waals surface area contributed by atoms with Gasteiger partial charge in [-0.05, 0) is 111 Å². The number of carbonyl (C=O) groups is 1. The van der Waals surface area contributed by atoms with Crippen LogP contribution in [0.2, 0.25) is 0 Å². The van der Waals surface area contributed by atoms with Crippen molar-refractivity contribution in [2.45, 2.75) is 73.1 Å². The second-order valence-electron chi connectivity index (χ2n) is 10.5. The molecule has 0 aromatic rings. The first kappa shape index (κ1) is 28.3. The SMILES string of the molecule is C=C1CCCC(C(/C=C\C2=NC(C(/C=C3/C(C)=C=C(C)C(C)=CC3C)=NC)=CC(=O)C(=C)C2)=C/C)CC1. The summed E-state index contributed by atoms with van der Waals surface area (Å²) >= 11 is 0. The zero-order valence-corrected chi connectivity index (χ0v) is 23.6. The lowest BCUT2D eigenvalue weighted by Gasteiger charge is -2.15. The van der Waals surface area contributed by atoms with Crippen LogP contribution >= 0.6 is 0 Å². The molecule has 2 unspecified atom stereocenters. The molecule has 0 aromatic carbocycles. The van der Waals surface area contributed by atoms with E-state index in [4.69, 9.17) is 4.99 Å². The van der Waals surface area contributed by atoms with Gasteiger partial charge in [0.2, 0.25) is 0 Å². The first-order valence-corrected chi connectivity index (χ1v) is 13.5. The summed E-state index contributed by atoms with van der Waals surface area (Å²) in [5, 5.41) is 0. The molecule has 0 radical (unpaired) electrons. The number of ketones is 1. The van der Waals surface area contributed by atoms with Gasteiger partial charge in [0, 0.05) is 31.2 Å². The van der Waals surface area contributed by atoms with Crippen molar-refractivity contribution in [1.82, 2.24) is 0 Å². The van der Waals surface area contributed by atoms with Gasteiger partial charge in [-0.1, -0.05) is 43.9 Å². The molecule has 194 valence electrons. The van der Waals surface area contributed by atoms with Crippen molar-refractivity contribution < 1.29 is 4.79 Å². The first-order valence-electron chi connectivity index (χ1n) is 13.5. The first-order chi connectivity index (χ1) is 17.6. The Bertz CT molecular complexity index is 1260. The summed E-state index contributed by atoms with van der Waals surface area (Å²) < 4.78 is 0. The number of nitrogens with zero attached hydrogens (tertiary/aromatic N) is 2. The highest BCUT2D eigenvalue weighted by Crippen LogP contribution is 2.32. The fourth-order valence-electron chi connectivity index (χ4n) is 5.25. The molecular formula is C34H42N2O. The minimum Gasteiger partial charge on any atom is -0.290 e. The van der Waals surface area contributed by atoms with Gasteiger partial charge in [0.05, 0.1) is 11.4 Å². The maximum Gasteiger partial charge on any atom is 0.183 e. The quantitative estimate of drug-likeness (QED) is 0.0942. The molecule has 37 heavy (non-hydrogen) atoms. The smallest absolute Gasteiger partial charge is 0.183 e. The standard InChI is InChI=1S/C34H42N2O/c1-9-28(29-12-10-11-22(2)13-14-29)15-16-30-19-27(7)34(37)21-33(36-30)32(35-8)20-31-25(5)17-23(3)24(4)18-26(31)6/h9,15-17,20-21,25,29H,2,7,10-14,19H2,1,3-6,8H3/b16-15-,28-9+,31-20+,35-32?. The van der Waals surface area contributed by atoms with Gasteiger partial charge in [0.25, 0.3) is 0 Å². The molecule has 2 aliphatic carbocycles. The van der Waals surface area contributed by atoms with E-state index < -0.39 is 0 Å². The molecule has 0 saturated heterocycles. The minimum atomic E-state index is -0.0945. The van der Waals surface area contributed by atoms with Crippen molar-refractivity contribution in [3.8, 4) is 0 Å². The Hall–Kier alpha value is -3.29. The lowest BCUT2D eigenvalue weighted by Crippen LogP contribution is -2.06. The van der Waals surface area contributed by atoms with E-state index >= 15 is 0 Å². The van der Waals surface area contributed by atoms with Crippen LogP contribution in [0.3, 0.4) is 0 Å². The number of aliphatic imine (C=N–C) groups is 2. The summed E-state index contributed by atoms with van der Waals surface area (Å²) in [5.74, 6) is 0.640. The van der Waals surface area contributed by atoms with Crippen LogP contribution in [0.1, 0.15) is 73.1 Å². The van der Waals surface area contributed by atoms with Gasteiger partial charge in [0.15, 0.2) is 5.78 Å². The summed E-state index contributed by atoms with van der Waals surface area (Å²) in [5.41, 5.74) is 13.4. The third-order valence-corrected chi connectivity index (χ3v) is 7.66. The number of rotatable bonds is 5. The molecule has 0 spiro atoms. The molecule has 2 atom stereocenters. The van der Waals surface area contributed by atoms with Crippen molar-refractivity contribution >= 4 is 17.2 Å². The van der Waals surface area contributed by atoms with Crippen LogP contribution in [-0.4, -0.2) is 24.3 Å². The Kier molecular flexibility index (Phi) is 9.78. The molecule has 3 rings (SSSR count). The van der Waals surface area contributed by atoms with Gasteiger partial charge < -0.3 is 0 Å². The fraction of sp³-hybridized carbons (Fsp3) is 0.412. The molecule has 3 nitrogen and oxygen atoms in total. The average Bonchev–Trinajstić information content (AvgIpc) is 3.19. The molecule has 0 N–H and O–H groups in total. The number of carbonyl (C=O) groups excluding carboxylic acids is 1. The van der Waals surface area contributed by atoms with Crippen LogP contribution in [0, 0.1) is 11.8 Å². The molecule has 3 aliphatic rings. The Balaban J connectivity index is 1.96. The van der Waals surface area contributed by atoms with E-state index in [1.54, 1.807) is 13.1 Å². The topological polar surface area (TPSA) is 41.8 Å². The van der Waals surface area contributed by atoms with Crippen LogP contribution < -0.4 is 0 Å². The van der Waals surface area contributed by atoms with Gasteiger partial charge >= 0.3 is 0 Å². The molecule has 0 aromatic heterocycles. The van der Waals surface area contributed by atoms with Crippen LogP contribution in [0.4, 0.5) is 0 Å². The van der Waals surface area contributed by atoms with E-state index in [1.807, 2.05) is 0 Å². The van der Waals surface area contributed by atoms with Crippen molar-refractivity contribution in [1.29, 1.82) is 0 Å². The third-order valence-electron chi connectivity index (χ3n) is 7.66. The van der Waals surface area contributed by atoms with Crippen LogP contribution in [-0.2, 0) is 4.79 Å². The van der Waals surface area contributed by atoms with Gasteiger partial charge in [-0.3, -0.25) is 14.8 Å². The lowest BCUT2D eigenvalue weighted by atomic mass is 9.90. The lowest BCUT2D eigenvalue weighted by molar-refractivity contribution is -0.111. The number of allylic oxidation sites excluding steroid dienone is 12. The van der Waals surface area contributed by atoms with Gasteiger partial charge in [0.1, 0.15) is 0 Å². The predicted octanol–water partition coefficient (Wildman–Crippen LogP) is 8.56. The maximum absolute atomic E-state index is 12.9. The number of hydrogen-bond donors (Lipinski definition) is 0. The molecule has 1 saturated carbocycles. The van der Waals surface area contributed by atoms with E-state index in [9.17, 15) is 4.79 Å². The van der Waals surface area contributed by atoms with Crippen molar-refractivity contribution in [2.24, 2.45) is 21.8 Å². The van der Waals surface area contributed by atoms with E-state index in [0.29, 0.717) is 29.3 Å². The summed E-state index contributed by atoms with van der Waals surface area (Å²) in [6, 6.07) is 0. The summed E-state index contributed by atoms with van der Waals surface area (Å²) in [7, 11) is 1.75. The molecule has 1 fully saturated rings. The maximum atomic E-state index is 12.9. The van der Waals surface area contributed by atoms with E-state index in [-0.39, 0.29) is 11.7 Å². The Morgan fingerprint density at radius 2 is 1.92 bits per heavy atom. The highest BCUT2D eigenvalue weighted by molar-refractivity contribution is 6.19. The van der Waals surface area contributed by atoms with E-state index in [0.717, 1.165) is 41.7 Å². The average molecular weight is 495 g/mol. The van der Waals surface area contributed by atoms with Crippen LogP contribution in [0.25, 0.3) is 0 Å². The van der Waals surface area contributed by atoms with Gasteiger partial charge in [-0.25, -0.2) is 0 Å². The predicted molar refractivity (Wildman–Crippen MR) is 159 cm³/mol. The highest BCUT2D eigenvalue weighted by Gasteiger charge is 2.20. The second-order valence-corrected chi connectivity index (χ2v) is 10.5. The summed E-state index contributed by atoms with van der Waals surface area (Å²) in [6.07, 6.45) is 18.5. The van der Waals surface area contributed by atoms with E-state index in [2.05, 4.69) is 88.9 Å². The monoisotopic (exact) mass is 494 g/mol. The van der Waals surface area contributed by atoms with Crippen molar-refractivity contribution in [2.75, 3.05) is 7.05 Å². The summed E-state index contributed by atoms with van der Waals surface area (Å²) in [4.78, 5) is 22.4. The van der Waals surface area contributed by atoms with Crippen LogP contribution in [0.15, 0.2) is 110 Å². The normalized spacial score (nSPS) is 25.7. The number of hydrogen-bond acceptors (Lipinski definition) is 3. The third kappa shape index (κ3) is 7.37. The molecule has 1 heterocycles. The zero-order valence-electron chi connectivity index (χ0n) is 23.6. The Morgan fingerprint density at radius 3 is 2.62 bits per heavy atom. The summed E-state index contributed by atoms with van der Waals surface area (Å²) in [6.45, 7) is 18.8. The Morgan fingerprint density at radius 1 is 1.16 bits per heavy atom. The van der Waals surface area contributed by atoms with Crippen LogP contribution in [0.5, 0.6) is 0 Å². The largest absolute Gasteiger partial charge is 0.290 e.